The van der Waals surface area contributed by atoms with E-state index in [0.717, 1.165) is 6.07 Å². The molecule has 2 aromatic carbocycles. The van der Waals surface area contributed by atoms with Gasteiger partial charge in [0.2, 0.25) is 0 Å². The van der Waals surface area contributed by atoms with Crippen molar-refractivity contribution in [3.05, 3.63) is 81.3 Å². The fourth-order valence-corrected chi connectivity index (χ4v) is 5.79. The van der Waals surface area contributed by atoms with Gasteiger partial charge in [-0.15, -0.1) is 11.3 Å². The predicted octanol–water partition coefficient (Wildman–Crippen LogP) is 4.49. The van der Waals surface area contributed by atoms with Crippen LogP contribution in [0.3, 0.4) is 0 Å². The fraction of sp³-hybridized carbons (Fsp3) is 0.150. The van der Waals surface area contributed by atoms with Crippen LogP contribution in [-0.4, -0.2) is 28.0 Å². The van der Waals surface area contributed by atoms with Crippen molar-refractivity contribution in [2.45, 2.75) is 10.1 Å². The molecule has 0 unspecified atom stereocenters. The molecule has 0 spiro atoms. The first-order valence-corrected chi connectivity index (χ1v) is 11.3. The van der Waals surface area contributed by atoms with Crippen molar-refractivity contribution >= 4 is 38.7 Å². The SMILES string of the molecule is COc1ccc(S(=O)(=O)[C@H](CNC(=O)c2c(F)cccc2Cl)c2cccs2)cc1. The lowest BCUT2D eigenvalue weighted by Gasteiger charge is -2.18. The first-order chi connectivity index (χ1) is 13.8. The van der Waals surface area contributed by atoms with Gasteiger partial charge in [-0.2, -0.15) is 0 Å². The molecule has 0 aliphatic rings. The van der Waals surface area contributed by atoms with Crippen LogP contribution in [0.1, 0.15) is 20.5 Å². The number of rotatable bonds is 7. The monoisotopic (exact) mass is 453 g/mol. The second-order valence-electron chi connectivity index (χ2n) is 6.03. The van der Waals surface area contributed by atoms with Gasteiger partial charge in [0.1, 0.15) is 16.8 Å². The number of halogens is 2. The highest BCUT2D eigenvalue weighted by Crippen LogP contribution is 2.32. The molecule has 29 heavy (non-hydrogen) atoms. The molecule has 3 aromatic rings. The Balaban J connectivity index is 1.89. The van der Waals surface area contributed by atoms with Crippen molar-refractivity contribution in [1.29, 1.82) is 0 Å². The average Bonchev–Trinajstić information content (AvgIpc) is 3.22. The number of nitrogens with one attached hydrogen (secondary N) is 1. The van der Waals surface area contributed by atoms with E-state index in [9.17, 15) is 17.6 Å². The Morgan fingerprint density at radius 1 is 1.17 bits per heavy atom. The van der Waals surface area contributed by atoms with Gasteiger partial charge in [0.05, 0.1) is 22.6 Å². The predicted molar refractivity (Wildman–Crippen MR) is 111 cm³/mol. The summed E-state index contributed by atoms with van der Waals surface area (Å²) < 4.78 is 45.5. The van der Waals surface area contributed by atoms with Crippen molar-refractivity contribution in [3.63, 3.8) is 0 Å². The number of amides is 1. The summed E-state index contributed by atoms with van der Waals surface area (Å²) in [5, 5.41) is 3.17. The molecule has 152 valence electrons. The standard InChI is InChI=1S/C20H17ClFNO4S2/c1-27-13-7-9-14(10-8-13)29(25,26)18(17-6-3-11-28-17)12-23-20(24)19-15(21)4-2-5-16(19)22/h2-11,18H,12H2,1H3,(H,23,24)/t18-/m1/s1. The maximum Gasteiger partial charge on any atom is 0.255 e. The number of carbonyl (C=O) groups excluding carboxylic acids is 1. The zero-order chi connectivity index (χ0) is 21.0. The van der Waals surface area contributed by atoms with Crippen LogP contribution in [0.5, 0.6) is 5.75 Å². The number of sulfone groups is 1. The summed E-state index contributed by atoms with van der Waals surface area (Å²) in [6.07, 6.45) is 0. The minimum atomic E-state index is -3.83. The molecule has 1 N–H and O–H groups in total. The highest BCUT2D eigenvalue weighted by atomic mass is 35.5. The molecule has 0 aliphatic carbocycles. The fourth-order valence-electron chi connectivity index (χ4n) is 2.76. The minimum Gasteiger partial charge on any atom is -0.497 e. The van der Waals surface area contributed by atoms with Gasteiger partial charge in [0, 0.05) is 11.4 Å². The number of hydrogen-bond acceptors (Lipinski definition) is 5. The van der Waals surface area contributed by atoms with E-state index in [2.05, 4.69) is 5.32 Å². The van der Waals surface area contributed by atoms with Crippen molar-refractivity contribution < 1.29 is 22.3 Å². The molecule has 1 atom stereocenters. The third kappa shape index (κ3) is 4.60. The average molecular weight is 454 g/mol. The molecular weight excluding hydrogens is 437 g/mol. The molecule has 1 aromatic heterocycles. The van der Waals surface area contributed by atoms with Crippen molar-refractivity contribution in [2.24, 2.45) is 0 Å². The van der Waals surface area contributed by atoms with E-state index in [-0.39, 0.29) is 22.0 Å². The number of benzene rings is 2. The summed E-state index contributed by atoms with van der Waals surface area (Å²) >= 11 is 7.18. The minimum absolute atomic E-state index is 0.0480. The second kappa shape index (κ2) is 8.94. The molecule has 3 rings (SSSR count). The van der Waals surface area contributed by atoms with Crippen LogP contribution in [0, 0.1) is 5.82 Å². The van der Waals surface area contributed by atoms with Crippen LogP contribution in [0.2, 0.25) is 5.02 Å². The Kier molecular flexibility index (Phi) is 6.56. The molecular formula is C20H17ClFNO4S2. The molecule has 0 saturated heterocycles. The summed E-state index contributed by atoms with van der Waals surface area (Å²) in [5.41, 5.74) is -0.319. The third-order valence-corrected chi connectivity index (χ3v) is 7.81. The van der Waals surface area contributed by atoms with Gasteiger partial charge in [-0.05, 0) is 47.8 Å². The number of methoxy groups -OCH3 is 1. The van der Waals surface area contributed by atoms with Gasteiger partial charge in [-0.3, -0.25) is 4.79 Å². The lowest BCUT2D eigenvalue weighted by molar-refractivity contribution is 0.0950. The van der Waals surface area contributed by atoms with E-state index in [0.29, 0.717) is 10.6 Å². The first kappa shape index (κ1) is 21.3. The van der Waals surface area contributed by atoms with Crippen LogP contribution in [0.15, 0.2) is 64.9 Å². The summed E-state index contributed by atoms with van der Waals surface area (Å²) in [4.78, 5) is 13.1. The smallest absolute Gasteiger partial charge is 0.255 e. The highest BCUT2D eigenvalue weighted by molar-refractivity contribution is 7.91. The Labute approximate surface area is 177 Å². The van der Waals surface area contributed by atoms with Gasteiger partial charge < -0.3 is 10.1 Å². The zero-order valence-electron chi connectivity index (χ0n) is 15.3. The van der Waals surface area contributed by atoms with Crippen molar-refractivity contribution in [1.82, 2.24) is 5.32 Å². The van der Waals surface area contributed by atoms with E-state index in [4.69, 9.17) is 16.3 Å². The van der Waals surface area contributed by atoms with Gasteiger partial charge in [0.25, 0.3) is 5.91 Å². The Bertz CT molecular complexity index is 1080. The number of carbonyl (C=O) groups is 1. The molecule has 0 bridgehead atoms. The van der Waals surface area contributed by atoms with Gasteiger partial charge in [0.15, 0.2) is 9.84 Å². The Morgan fingerprint density at radius 3 is 2.48 bits per heavy atom. The largest absolute Gasteiger partial charge is 0.497 e. The van der Waals surface area contributed by atoms with E-state index in [1.54, 1.807) is 29.6 Å². The molecule has 0 saturated carbocycles. The van der Waals surface area contributed by atoms with Crippen molar-refractivity contribution in [3.8, 4) is 5.75 Å². The van der Waals surface area contributed by atoms with E-state index < -0.39 is 26.8 Å². The molecule has 0 aliphatic heterocycles. The zero-order valence-corrected chi connectivity index (χ0v) is 17.7. The Morgan fingerprint density at radius 2 is 1.90 bits per heavy atom. The number of thiophene rings is 1. The van der Waals surface area contributed by atoms with Crippen LogP contribution in [-0.2, 0) is 9.84 Å². The van der Waals surface area contributed by atoms with E-state index in [1.807, 2.05) is 0 Å². The second-order valence-corrected chi connectivity index (χ2v) is 9.55. The molecule has 0 fully saturated rings. The summed E-state index contributed by atoms with van der Waals surface area (Å²) in [5.74, 6) is -1.03. The summed E-state index contributed by atoms with van der Waals surface area (Å²) in [7, 11) is -2.35. The molecule has 0 radical (unpaired) electrons. The number of hydrogen-bond donors (Lipinski definition) is 1. The van der Waals surface area contributed by atoms with Gasteiger partial charge in [-0.25, -0.2) is 12.8 Å². The lowest BCUT2D eigenvalue weighted by Crippen LogP contribution is -2.32. The molecule has 9 heteroatoms. The first-order valence-electron chi connectivity index (χ1n) is 8.48. The topological polar surface area (TPSA) is 72.5 Å². The van der Waals surface area contributed by atoms with Crippen LogP contribution >= 0.6 is 22.9 Å². The van der Waals surface area contributed by atoms with Crippen molar-refractivity contribution in [2.75, 3.05) is 13.7 Å². The molecule has 5 nitrogen and oxygen atoms in total. The summed E-state index contributed by atoms with van der Waals surface area (Å²) in [6.45, 7) is -0.238. The number of ether oxygens (including phenoxy) is 1. The summed E-state index contributed by atoms with van der Waals surface area (Å²) in [6, 6.07) is 13.3. The normalized spacial score (nSPS) is 12.4. The Hall–Kier alpha value is -2.42. The van der Waals surface area contributed by atoms with Gasteiger partial charge in [-0.1, -0.05) is 23.7 Å². The quantitative estimate of drug-likeness (QED) is 0.572. The van der Waals surface area contributed by atoms with Crippen LogP contribution in [0.25, 0.3) is 0 Å². The highest BCUT2D eigenvalue weighted by Gasteiger charge is 2.31. The van der Waals surface area contributed by atoms with Gasteiger partial charge >= 0.3 is 0 Å². The maximum atomic E-state index is 14.0. The van der Waals surface area contributed by atoms with E-state index in [1.165, 1.54) is 42.7 Å². The molecule has 1 heterocycles. The maximum absolute atomic E-state index is 14.0. The molecule has 1 amide bonds. The lowest BCUT2D eigenvalue weighted by atomic mass is 10.2. The van der Waals surface area contributed by atoms with Crippen LogP contribution in [0.4, 0.5) is 4.39 Å². The third-order valence-electron chi connectivity index (χ3n) is 4.26. The van der Waals surface area contributed by atoms with Crippen LogP contribution < -0.4 is 10.1 Å². The van der Waals surface area contributed by atoms with E-state index >= 15 is 0 Å².